The molecule has 0 aliphatic carbocycles. The summed E-state index contributed by atoms with van der Waals surface area (Å²) in [6, 6.07) is 3.97. The Balaban J connectivity index is 2.52. The number of phenols is 1. The van der Waals surface area contributed by atoms with E-state index in [0.717, 1.165) is 22.3 Å². The maximum absolute atomic E-state index is 12.4. The number of likely N-dealkylation sites (tertiary alicyclic amines) is 1. The average Bonchev–Trinajstić information content (AvgIpc) is 2.80. The van der Waals surface area contributed by atoms with Crippen molar-refractivity contribution in [2.75, 3.05) is 19.7 Å². The molecule has 0 aromatic heterocycles. The van der Waals surface area contributed by atoms with Gasteiger partial charge in [0.15, 0.2) is 0 Å². The molecule has 2 rings (SSSR count). The third-order valence-corrected chi connectivity index (χ3v) is 4.67. The largest absolute Gasteiger partial charge is 0.507 e. The number of carbonyl (C=O) groups is 1. The van der Waals surface area contributed by atoms with E-state index in [2.05, 4.69) is 41.5 Å². The van der Waals surface area contributed by atoms with Gasteiger partial charge >= 0.3 is 0 Å². The molecule has 0 saturated carbocycles. The van der Waals surface area contributed by atoms with Crippen LogP contribution in [0.3, 0.4) is 0 Å². The number of hydrogen-bond donors (Lipinski definition) is 2. The minimum absolute atomic E-state index is 0.00302. The quantitative estimate of drug-likeness (QED) is 0.823. The van der Waals surface area contributed by atoms with E-state index in [1.54, 1.807) is 4.90 Å². The molecule has 0 bridgehead atoms. The summed E-state index contributed by atoms with van der Waals surface area (Å²) in [5, 5.41) is 19.8. The third kappa shape index (κ3) is 4.24. The normalized spacial score (nSPS) is 17.6. The number of aliphatic hydroxyl groups excluding tert-OH is 1. The molecular formula is C21H31NO3. The van der Waals surface area contributed by atoms with E-state index in [1.165, 1.54) is 0 Å². The highest BCUT2D eigenvalue weighted by Crippen LogP contribution is 2.40. The van der Waals surface area contributed by atoms with Crippen LogP contribution in [-0.4, -0.2) is 40.7 Å². The van der Waals surface area contributed by atoms with Crippen molar-refractivity contribution in [2.45, 2.75) is 58.8 Å². The van der Waals surface area contributed by atoms with Crippen molar-refractivity contribution in [2.24, 2.45) is 0 Å². The first-order valence-electron chi connectivity index (χ1n) is 8.94. The zero-order valence-corrected chi connectivity index (χ0v) is 16.3. The predicted octanol–water partition coefficient (Wildman–Crippen LogP) is 3.60. The number of rotatable bonds is 3. The fraction of sp³-hybridized carbons (Fsp3) is 0.571. The summed E-state index contributed by atoms with van der Waals surface area (Å²) in [4.78, 5) is 14.1. The Morgan fingerprint density at radius 1 is 1.08 bits per heavy atom. The molecule has 0 atom stereocenters. The van der Waals surface area contributed by atoms with E-state index in [-0.39, 0.29) is 23.3 Å². The molecule has 2 N–H and O–H groups in total. The fourth-order valence-electron chi connectivity index (χ4n) is 3.22. The molecule has 1 heterocycles. The second-order valence-electron chi connectivity index (χ2n) is 8.90. The van der Waals surface area contributed by atoms with E-state index in [0.29, 0.717) is 25.3 Å². The minimum Gasteiger partial charge on any atom is -0.507 e. The van der Waals surface area contributed by atoms with E-state index in [1.807, 2.05) is 18.2 Å². The second-order valence-corrected chi connectivity index (χ2v) is 8.90. The average molecular weight is 345 g/mol. The van der Waals surface area contributed by atoms with Crippen LogP contribution in [0, 0.1) is 0 Å². The van der Waals surface area contributed by atoms with Crippen LogP contribution in [0.5, 0.6) is 5.75 Å². The second kappa shape index (κ2) is 6.83. The summed E-state index contributed by atoms with van der Waals surface area (Å²) in [6.45, 7) is 13.5. The van der Waals surface area contributed by atoms with Gasteiger partial charge in [-0.05, 0) is 41.0 Å². The van der Waals surface area contributed by atoms with Crippen molar-refractivity contribution in [1.29, 1.82) is 0 Å². The number of aromatic hydroxyl groups is 1. The molecule has 1 aliphatic heterocycles. The third-order valence-electron chi connectivity index (χ3n) is 4.67. The van der Waals surface area contributed by atoms with Crippen LogP contribution in [-0.2, 0) is 15.6 Å². The van der Waals surface area contributed by atoms with Gasteiger partial charge in [0.05, 0.1) is 6.61 Å². The smallest absolute Gasteiger partial charge is 0.249 e. The Morgan fingerprint density at radius 3 is 2.04 bits per heavy atom. The Morgan fingerprint density at radius 2 is 1.60 bits per heavy atom. The molecule has 25 heavy (non-hydrogen) atoms. The minimum atomic E-state index is -0.193. The maximum atomic E-state index is 12.4. The molecule has 1 aromatic rings. The van der Waals surface area contributed by atoms with Crippen molar-refractivity contribution in [3.8, 4) is 5.75 Å². The summed E-state index contributed by atoms with van der Waals surface area (Å²) < 4.78 is 0. The summed E-state index contributed by atoms with van der Waals surface area (Å²) in [7, 11) is 0. The summed E-state index contributed by atoms with van der Waals surface area (Å²) in [5.74, 6) is 0.346. The standard InChI is InChI=1S/C21H31NO3/c1-20(2,3)16-12-14(13-17(18(16)24)21(4,5)6)11-15-7-8-22(9-10-23)19(15)25/h11-13,23-24H,7-10H2,1-6H3/b15-11-. The summed E-state index contributed by atoms with van der Waals surface area (Å²) >= 11 is 0. The monoisotopic (exact) mass is 345 g/mol. The fourth-order valence-corrected chi connectivity index (χ4v) is 3.22. The van der Waals surface area contributed by atoms with Gasteiger partial charge in [-0.2, -0.15) is 0 Å². The van der Waals surface area contributed by atoms with Crippen LogP contribution in [0.15, 0.2) is 17.7 Å². The van der Waals surface area contributed by atoms with Gasteiger partial charge in [0, 0.05) is 29.8 Å². The molecule has 1 fully saturated rings. The predicted molar refractivity (Wildman–Crippen MR) is 102 cm³/mol. The lowest BCUT2D eigenvalue weighted by molar-refractivity contribution is -0.125. The van der Waals surface area contributed by atoms with E-state index in [4.69, 9.17) is 5.11 Å². The van der Waals surface area contributed by atoms with Gasteiger partial charge in [-0.1, -0.05) is 41.5 Å². The SMILES string of the molecule is CC(C)(C)c1cc(/C=C2/CCN(CCO)C2=O)cc(C(C)(C)C)c1O. The number of benzene rings is 1. The molecule has 1 aromatic carbocycles. The number of amides is 1. The van der Waals surface area contributed by atoms with Crippen molar-refractivity contribution < 1.29 is 15.0 Å². The number of nitrogens with zero attached hydrogens (tertiary/aromatic N) is 1. The number of hydrogen-bond acceptors (Lipinski definition) is 3. The van der Waals surface area contributed by atoms with E-state index >= 15 is 0 Å². The molecule has 0 unspecified atom stereocenters. The first-order valence-corrected chi connectivity index (χ1v) is 8.94. The van der Waals surface area contributed by atoms with Gasteiger partial charge in [-0.15, -0.1) is 0 Å². The van der Waals surface area contributed by atoms with Crippen molar-refractivity contribution in [3.63, 3.8) is 0 Å². The molecule has 4 heteroatoms. The number of phenolic OH excluding ortho intramolecular Hbond substituents is 1. The highest BCUT2D eigenvalue weighted by atomic mass is 16.3. The van der Waals surface area contributed by atoms with Gasteiger partial charge in [-0.25, -0.2) is 0 Å². The Kier molecular flexibility index (Phi) is 5.33. The molecule has 0 radical (unpaired) electrons. The van der Waals surface area contributed by atoms with Crippen LogP contribution < -0.4 is 0 Å². The van der Waals surface area contributed by atoms with Crippen LogP contribution in [0.1, 0.15) is 64.7 Å². The van der Waals surface area contributed by atoms with Crippen LogP contribution in [0.4, 0.5) is 0 Å². The molecule has 4 nitrogen and oxygen atoms in total. The van der Waals surface area contributed by atoms with E-state index < -0.39 is 0 Å². The number of carbonyl (C=O) groups excluding carboxylic acids is 1. The lowest BCUT2D eigenvalue weighted by atomic mass is 9.78. The van der Waals surface area contributed by atoms with Crippen LogP contribution in [0.25, 0.3) is 6.08 Å². The van der Waals surface area contributed by atoms with Crippen molar-refractivity contribution >= 4 is 12.0 Å². The molecular weight excluding hydrogens is 314 g/mol. The first kappa shape index (κ1) is 19.5. The Bertz CT molecular complexity index is 655. The molecule has 1 saturated heterocycles. The molecule has 138 valence electrons. The molecule has 0 spiro atoms. The van der Waals surface area contributed by atoms with E-state index in [9.17, 15) is 9.90 Å². The van der Waals surface area contributed by atoms with Gasteiger partial charge < -0.3 is 15.1 Å². The van der Waals surface area contributed by atoms with Gasteiger partial charge in [0.25, 0.3) is 0 Å². The summed E-state index contributed by atoms with van der Waals surface area (Å²) in [6.07, 6.45) is 2.62. The highest BCUT2D eigenvalue weighted by Gasteiger charge is 2.28. The van der Waals surface area contributed by atoms with Crippen molar-refractivity contribution in [1.82, 2.24) is 4.90 Å². The van der Waals surface area contributed by atoms with Crippen LogP contribution >= 0.6 is 0 Å². The lowest BCUT2D eigenvalue weighted by Gasteiger charge is -2.28. The molecule has 1 aliphatic rings. The lowest BCUT2D eigenvalue weighted by Crippen LogP contribution is -2.28. The number of β-amino-alcohol motifs (C(OH)–C–C–N with tert-alkyl or cyclic N) is 1. The maximum Gasteiger partial charge on any atom is 0.249 e. The van der Waals surface area contributed by atoms with Crippen molar-refractivity contribution in [3.05, 3.63) is 34.4 Å². The Labute approximate surface area is 151 Å². The zero-order chi connectivity index (χ0) is 19.0. The first-order chi connectivity index (χ1) is 11.4. The Hall–Kier alpha value is -1.81. The highest BCUT2D eigenvalue weighted by molar-refractivity contribution is 6.00. The van der Waals surface area contributed by atoms with Crippen LogP contribution in [0.2, 0.25) is 0 Å². The zero-order valence-electron chi connectivity index (χ0n) is 16.3. The van der Waals surface area contributed by atoms with Gasteiger partial charge in [-0.3, -0.25) is 4.79 Å². The van der Waals surface area contributed by atoms with Gasteiger partial charge in [0.1, 0.15) is 5.75 Å². The van der Waals surface area contributed by atoms with Gasteiger partial charge in [0.2, 0.25) is 5.91 Å². The number of aliphatic hydroxyl groups is 1. The molecule has 1 amide bonds. The topological polar surface area (TPSA) is 60.8 Å². The summed E-state index contributed by atoms with van der Waals surface area (Å²) in [5.41, 5.74) is 3.11.